The van der Waals surface area contributed by atoms with Crippen molar-refractivity contribution in [1.29, 1.82) is 0 Å². The van der Waals surface area contributed by atoms with Gasteiger partial charge in [0.15, 0.2) is 11.0 Å². The molecule has 9 heteroatoms. The zero-order valence-electron chi connectivity index (χ0n) is 14.3. The highest BCUT2D eigenvalue weighted by atomic mass is 32.2. The predicted octanol–water partition coefficient (Wildman–Crippen LogP) is 2.90. The second kappa shape index (κ2) is 8.74. The van der Waals surface area contributed by atoms with E-state index in [-0.39, 0.29) is 24.0 Å². The number of hydrogen-bond acceptors (Lipinski definition) is 7. The van der Waals surface area contributed by atoms with E-state index >= 15 is 0 Å². The molecule has 0 radical (unpaired) electrons. The van der Waals surface area contributed by atoms with E-state index in [2.05, 4.69) is 20.8 Å². The number of anilines is 1. The number of thiophene rings is 1. The van der Waals surface area contributed by atoms with Crippen LogP contribution in [0.1, 0.15) is 28.6 Å². The highest BCUT2D eigenvalue weighted by molar-refractivity contribution is 8.15. The van der Waals surface area contributed by atoms with E-state index in [0.717, 1.165) is 4.88 Å². The highest BCUT2D eigenvalue weighted by Gasteiger charge is 2.32. The molecule has 138 valence electrons. The monoisotopic (exact) mass is 400 g/mol. The maximum atomic E-state index is 12.2. The molecule has 0 bridgehead atoms. The average molecular weight is 400 g/mol. The van der Waals surface area contributed by atoms with Crippen molar-refractivity contribution in [3.05, 3.63) is 52.2 Å². The molecule has 0 saturated carbocycles. The highest BCUT2D eigenvalue weighted by Crippen LogP contribution is 2.23. The summed E-state index contributed by atoms with van der Waals surface area (Å²) in [7, 11) is 0. The van der Waals surface area contributed by atoms with Gasteiger partial charge in [0.05, 0.1) is 6.21 Å². The Balaban J connectivity index is 1.56. The van der Waals surface area contributed by atoms with Gasteiger partial charge < -0.3 is 10.6 Å². The molecule has 7 nitrogen and oxygen atoms in total. The van der Waals surface area contributed by atoms with Gasteiger partial charge in [-0.05, 0) is 30.5 Å². The Morgan fingerprint density at radius 3 is 2.89 bits per heavy atom. The smallest absolute Gasteiger partial charge is 0.240 e. The van der Waals surface area contributed by atoms with Crippen molar-refractivity contribution < 1.29 is 14.4 Å². The third-order valence-corrected chi connectivity index (χ3v) is 5.46. The molecule has 1 aromatic heterocycles. The van der Waals surface area contributed by atoms with E-state index in [9.17, 15) is 14.4 Å². The van der Waals surface area contributed by atoms with Crippen LogP contribution in [0.4, 0.5) is 5.69 Å². The van der Waals surface area contributed by atoms with Crippen molar-refractivity contribution in [1.82, 2.24) is 5.32 Å². The van der Waals surface area contributed by atoms with Gasteiger partial charge in [-0.25, -0.2) is 0 Å². The van der Waals surface area contributed by atoms with Crippen LogP contribution in [0.5, 0.6) is 0 Å². The lowest BCUT2D eigenvalue weighted by Crippen LogP contribution is -2.28. The number of Topliss-reactive ketones (excluding diaryl/α,β-unsaturated/α-hetero) is 1. The number of ketones is 1. The van der Waals surface area contributed by atoms with Gasteiger partial charge in [0.2, 0.25) is 11.8 Å². The number of thioether (sulfide) groups is 1. The van der Waals surface area contributed by atoms with Gasteiger partial charge in [-0.2, -0.15) is 5.10 Å². The van der Waals surface area contributed by atoms with Gasteiger partial charge in [0, 0.05) is 22.5 Å². The number of nitrogens with zero attached hydrogens (tertiary/aromatic N) is 2. The Bertz CT molecular complexity index is 922. The minimum atomic E-state index is -0.573. The van der Waals surface area contributed by atoms with Gasteiger partial charge in [-0.1, -0.05) is 30.0 Å². The minimum absolute atomic E-state index is 0.00550. The lowest BCUT2D eigenvalue weighted by molar-refractivity contribution is -0.122. The summed E-state index contributed by atoms with van der Waals surface area (Å²) >= 11 is 2.70. The lowest BCUT2D eigenvalue weighted by Gasteiger charge is -2.08. The molecule has 1 fully saturated rings. The molecule has 0 unspecified atom stereocenters. The molecule has 27 heavy (non-hydrogen) atoms. The Kier molecular flexibility index (Phi) is 6.15. The fraction of sp³-hybridized carbons (Fsp3) is 0.167. The number of carbonyl (C=O) groups excluding carboxylic acids is 3. The third-order valence-electron chi connectivity index (χ3n) is 3.58. The number of rotatable bonds is 6. The van der Waals surface area contributed by atoms with Gasteiger partial charge >= 0.3 is 0 Å². The first kappa shape index (κ1) is 19.0. The summed E-state index contributed by atoms with van der Waals surface area (Å²) in [6.07, 6.45) is 1.60. The topological polar surface area (TPSA) is 100.0 Å². The first-order chi connectivity index (χ1) is 13.0. The van der Waals surface area contributed by atoms with E-state index in [1.807, 2.05) is 17.5 Å². The predicted molar refractivity (Wildman–Crippen MR) is 109 cm³/mol. The van der Waals surface area contributed by atoms with Gasteiger partial charge in [0.1, 0.15) is 5.25 Å². The van der Waals surface area contributed by atoms with Crippen molar-refractivity contribution in [2.45, 2.75) is 18.6 Å². The Morgan fingerprint density at radius 1 is 1.30 bits per heavy atom. The van der Waals surface area contributed by atoms with Crippen molar-refractivity contribution in [2.75, 3.05) is 5.32 Å². The first-order valence-electron chi connectivity index (χ1n) is 8.04. The van der Waals surface area contributed by atoms with Crippen LogP contribution in [-0.4, -0.2) is 34.2 Å². The van der Waals surface area contributed by atoms with Crippen LogP contribution in [0.3, 0.4) is 0 Å². The molecular formula is C18H16N4O3S2. The van der Waals surface area contributed by atoms with Crippen LogP contribution in [0.15, 0.2) is 52.0 Å². The molecular weight excluding hydrogens is 384 g/mol. The van der Waals surface area contributed by atoms with Crippen molar-refractivity contribution >= 4 is 57.8 Å². The second-order valence-corrected chi connectivity index (χ2v) is 7.82. The third kappa shape index (κ3) is 5.35. The van der Waals surface area contributed by atoms with E-state index in [0.29, 0.717) is 16.4 Å². The van der Waals surface area contributed by atoms with Crippen molar-refractivity contribution in [3.63, 3.8) is 0 Å². The number of benzene rings is 1. The molecule has 1 saturated heterocycles. The Labute approximate surface area is 164 Å². The molecule has 1 aliphatic heterocycles. The average Bonchev–Trinajstić information content (AvgIpc) is 3.25. The van der Waals surface area contributed by atoms with Crippen LogP contribution < -0.4 is 10.6 Å². The molecule has 0 spiro atoms. The largest absolute Gasteiger partial charge is 0.326 e. The summed E-state index contributed by atoms with van der Waals surface area (Å²) in [6.45, 7) is 1.46. The molecule has 0 aliphatic carbocycles. The van der Waals surface area contributed by atoms with Crippen LogP contribution in [0.2, 0.25) is 0 Å². The molecule has 1 aliphatic rings. The van der Waals surface area contributed by atoms with E-state index < -0.39 is 5.25 Å². The minimum Gasteiger partial charge on any atom is -0.326 e. The molecule has 2 N–H and O–H groups in total. The van der Waals surface area contributed by atoms with E-state index in [1.165, 1.54) is 30.0 Å². The van der Waals surface area contributed by atoms with Gasteiger partial charge in [-0.3, -0.25) is 14.4 Å². The van der Waals surface area contributed by atoms with E-state index in [4.69, 9.17) is 0 Å². The molecule has 2 heterocycles. The maximum absolute atomic E-state index is 12.2. The summed E-state index contributed by atoms with van der Waals surface area (Å²) in [6, 6.07) is 10.5. The van der Waals surface area contributed by atoms with Crippen LogP contribution >= 0.6 is 23.1 Å². The molecule has 1 atom stereocenters. The number of amides is 2. The number of nitrogens with one attached hydrogen (secondary N) is 2. The number of carbonyl (C=O) groups is 3. The zero-order valence-corrected chi connectivity index (χ0v) is 16.0. The molecule has 3 rings (SSSR count). The fourth-order valence-electron chi connectivity index (χ4n) is 2.29. The quantitative estimate of drug-likeness (QED) is 0.442. The summed E-state index contributed by atoms with van der Waals surface area (Å²) in [5, 5.41) is 15.0. The van der Waals surface area contributed by atoms with E-state index in [1.54, 1.807) is 30.5 Å². The lowest BCUT2D eigenvalue weighted by atomic mass is 10.1. The first-order valence-corrected chi connectivity index (χ1v) is 9.80. The van der Waals surface area contributed by atoms with Crippen molar-refractivity contribution in [2.24, 2.45) is 10.2 Å². The van der Waals surface area contributed by atoms with Crippen LogP contribution in [-0.2, 0) is 9.59 Å². The molecule has 1 aromatic carbocycles. The Morgan fingerprint density at radius 2 is 2.15 bits per heavy atom. The normalized spacial score (nSPS) is 18.0. The summed E-state index contributed by atoms with van der Waals surface area (Å²) < 4.78 is 0. The molecule has 2 amide bonds. The zero-order chi connectivity index (χ0) is 19.2. The van der Waals surface area contributed by atoms with Gasteiger partial charge in [-0.15, -0.1) is 16.4 Å². The van der Waals surface area contributed by atoms with Crippen LogP contribution in [0, 0.1) is 0 Å². The SMILES string of the molecule is CC(=O)c1cccc(NC(=O)C[C@@H]2S/C(=N/N=C\c3cccs3)NC2=O)c1. The fourth-order valence-corrected chi connectivity index (χ4v) is 3.79. The summed E-state index contributed by atoms with van der Waals surface area (Å²) in [4.78, 5) is 36.6. The second-order valence-electron chi connectivity index (χ2n) is 5.65. The number of amidine groups is 1. The number of hydrogen-bond donors (Lipinski definition) is 2. The van der Waals surface area contributed by atoms with Gasteiger partial charge in [0.25, 0.3) is 0 Å². The summed E-state index contributed by atoms with van der Waals surface area (Å²) in [5.74, 6) is -0.676. The standard InChI is InChI=1S/C18H16N4O3S2/c1-11(23)12-4-2-5-13(8-12)20-16(24)9-15-17(25)21-18(27-15)22-19-10-14-6-3-7-26-14/h2-8,10,15H,9H2,1H3,(H,20,24)(H,21,22,25)/b19-10-/t15-/m0/s1. The van der Waals surface area contributed by atoms with Crippen LogP contribution in [0.25, 0.3) is 0 Å². The Hall–Kier alpha value is -2.78. The van der Waals surface area contributed by atoms with Crippen molar-refractivity contribution in [3.8, 4) is 0 Å². The molecule has 2 aromatic rings. The maximum Gasteiger partial charge on any atom is 0.240 e. The summed E-state index contributed by atoms with van der Waals surface area (Å²) in [5.41, 5.74) is 1.03.